The lowest BCUT2D eigenvalue weighted by Crippen LogP contribution is -2.36. The van der Waals surface area contributed by atoms with Crippen LogP contribution in [0.15, 0.2) is 12.1 Å². The second-order valence-electron chi connectivity index (χ2n) is 5.04. The maximum absolute atomic E-state index is 12.1. The highest BCUT2D eigenvalue weighted by Gasteiger charge is 2.27. The van der Waals surface area contributed by atoms with Crippen LogP contribution in [0.25, 0.3) is 0 Å². The Balaban J connectivity index is 2.01. The normalized spacial score (nSPS) is 18.7. The molecule has 2 heterocycles. The Kier molecular flexibility index (Phi) is 3.06. The van der Waals surface area contributed by atoms with Gasteiger partial charge < -0.3 is 19.9 Å². The summed E-state index contributed by atoms with van der Waals surface area (Å²) in [6.45, 7) is 3.93. The van der Waals surface area contributed by atoms with Gasteiger partial charge in [-0.3, -0.25) is 4.79 Å². The fourth-order valence-corrected chi connectivity index (χ4v) is 2.76. The van der Waals surface area contributed by atoms with Crippen LogP contribution in [-0.4, -0.2) is 51.2 Å². The van der Waals surface area contributed by atoms with Crippen molar-refractivity contribution in [2.75, 3.05) is 50.6 Å². The second kappa shape index (κ2) is 4.74. The first-order valence-corrected chi connectivity index (χ1v) is 6.63. The van der Waals surface area contributed by atoms with Gasteiger partial charge in [0.25, 0.3) is 5.91 Å². The highest BCUT2D eigenvalue weighted by atomic mass is 16.5. The van der Waals surface area contributed by atoms with Crippen molar-refractivity contribution in [2.45, 2.75) is 6.54 Å². The van der Waals surface area contributed by atoms with Gasteiger partial charge in [-0.05, 0) is 17.7 Å². The van der Waals surface area contributed by atoms with Gasteiger partial charge in [-0.1, -0.05) is 0 Å². The van der Waals surface area contributed by atoms with E-state index in [-0.39, 0.29) is 5.91 Å². The standard InChI is InChI=1S/C14H19N3O2/c1-15-12-7-10-9-16(2)14(18)11(10)8-13(12)17-3-5-19-6-4-17/h7-8,15H,3-6,9H2,1-2H3. The van der Waals surface area contributed by atoms with E-state index in [0.717, 1.165) is 48.8 Å². The summed E-state index contributed by atoms with van der Waals surface area (Å²) in [4.78, 5) is 16.1. The van der Waals surface area contributed by atoms with E-state index in [1.807, 2.05) is 20.2 Å². The number of ether oxygens (including phenoxy) is 1. The molecule has 0 aliphatic carbocycles. The summed E-state index contributed by atoms with van der Waals surface area (Å²) in [5.41, 5.74) is 4.13. The molecule has 102 valence electrons. The monoisotopic (exact) mass is 261 g/mol. The Labute approximate surface area is 113 Å². The van der Waals surface area contributed by atoms with Crippen LogP contribution in [0, 0.1) is 0 Å². The quantitative estimate of drug-likeness (QED) is 0.867. The van der Waals surface area contributed by atoms with Crippen molar-refractivity contribution < 1.29 is 9.53 Å². The first-order valence-electron chi connectivity index (χ1n) is 6.63. The molecule has 5 heteroatoms. The van der Waals surface area contributed by atoms with Crippen LogP contribution in [0.3, 0.4) is 0 Å². The molecule has 2 aliphatic rings. The summed E-state index contributed by atoms with van der Waals surface area (Å²) < 4.78 is 5.39. The number of nitrogens with one attached hydrogen (secondary N) is 1. The third-order valence-electron chi connectivity index (χ3n) is 3.83. The van der Waals surface area contributed by atoms with E-state index in [2.05, 4.69) is 16.3 Å². The molecular weight excluding hydrogens is 242 g/mol. The van der Waals surface area contributed by atoms with E-state index >= 15 is 0 Å². The predicted molar refractivity (Wildman–Crippen MR) is 74.8 cm³/mol. The van der Waals surface area contributed by atoms with Gasteiger partial charge in [-0.25, -0.2) is 0 Å². The minimum absolute atomic E-state index is 0.118. The Hall–Kier alpha value is -1.75. The molecule has 0 radical (unpaired) electrons. The number of anilines is 2. The van der Waals surface area contributed by atoms with Crippen LogP contribution in [0.1, 0.15) is 15.9 Å². The van der Waals surface area contributed by atoms with Gasteiger partial charge in [0.05, 0.1) is 24.6 Å². The fourth-order valence-electron chi connectivity index (χ4n) is 2.76. The highest BCUT2D eigenvalue weighted by molar-refractivity contribution is 6.00. The van der Waals surface area contributed by atoms with Crippen molar-refractivity contribution in [1.29, 1.82) is 0 Å². The molecule has 3 rings (SSSR count). The molecule has 0 saturated carbocycles. The molecule has 0 spiro atoms. The molecule has 19 heavy (non-hydrogen) atoms. The van der Waals surface area contributed by atoms with Crippen LogP contribution < -0.4 is 10.2 Å². The summed E-state index contributed by atoms with van der Waals surface area (Å²) >= 11 is 0. The number of nitrogens with zero attached hydrogens (tertiary/aromatic N) is 2. The third kappa shape index (κ3) is 2.04. The molecule has 0 atom stereocenters. The van der Waals surface area contributed by atoms with Gasteiger partial charge in [-0.15, -0.1) is 0 Å². The highest BCUT2D eigenvalue weighted by Crippen LogP contribution is 2.34. The molecular formula is C14H19N3O2. The molecule has 1 N–H and O–H groups in total. The van der Waals surface area contributed by atoms with Gasteiger partial charge in [0.1, 0.15) is 0 Å². The lowest BCUT2D eigenvalue weighted by Gasteiger charge is -2.30. The van der Waals surface area contributed by atoms with E-state index < -0.39 is 0 Å². The van der Waals surface area contributed by atoms with Crippen LogP contribution in [-0.2, 0) is 11.3 Å². The zero-order valence-electron chi connectivity index (χ0n) is 11.4. The number of morpholine rings is 1. The molecule has 1 saturated heterocycles. The minimum Gasteiger partial charge on any atom is -0.386 e. The number of fused-ring (bicyclic) bond motifs is 1. The number of hydrogen-bond acceptors (Lipinski definition) is 4. The number of carbonyl (C=O) groups is 1. The zero-order chi connectivity index (χ0) is 13.4. The second-order valence-corrected chi connectivity index (χ2v) is 5.04. The lowest BCUT2D eigenvalue weighted by atomic mass is 10.1. The van der Waals surface area contributed by atoms with E-state index in [0.29, 0.717) is 6.54 Å². The minimum atomic E-state index is 0.118. The third-order valence-corrected chi connectivity index (χ3v) is 3.83. The van der Waals surface area contributed by atoms with Gasteiger partial charge in [0.2, 0.25) is 0 Å². The Bertz CT molecular complexity index is 510. The summed E-state index contributed by atoms with van der Waals surface area (Å²) in [6.07, 6.45) is 0. The fraction of sp³-hybridized carbons (Fsp3) is 0.500. The molecule has 1 amide bonds. The van der Waals surface area contributed by atoms with Crippen molar-refractivity contribution in [2.24, 2.45) is 0 Å². The average Bonchev–Trinajstić information content (AvgIpc) is 2.73. The maximum Gasteiger partial charge on any atom is 0.254 e. The predicted octanol–water partition coefficient (Wildman–Crippen LogP) is 1.15. The zero-order valence-corrected chi connectivity index (χ0v) is 11.4. The smallest absolute Gasteiger partial charge is 0.254 e. The Morgan fingerprint density at radius 3 is 2.68 bits per heavy atom. The molecule has 5 nitrogen and oxygen atoms in total. The topological polar surface area (TPSA) is 44.8 Å². The van der Waals surface area contributed by atoms with Gasteiger partial charge in [-0.2, -0.15) is 0 Å². The van der Waals surface area contributed by atoms with Crippen LogP contribution in [0.5, 0.6) is 0 Å². The van der Waals surface area contributed by atoms with Gasteiger partial charge in [0, 0.05) is 39.3 Å². The molecule has 0 aromatic heterocycles. The van der Waals surface area contributed by atoms with Crippen molar-refractivity contribution in [1.82, 2.24) is 4.90 Å². The largest absolute Gasteiger partial charge is 0.386 e. The van der Waals surface area contributed by atoms with Crippen LogP contribution >= 0.6 is 0 Å². The maximum atomic E-state index is 12.1. The first kappa shape index (κ1) is 12.3. The summed E-state index contributed by atoms with van der Waals surface area (Å²) in [6, 6.07) is 4.12. The van der Waals surface area contributed by atoms with E-state index in [9.17, 15) is 4.79 Å². The first-order chi connectivity index (χ1) is 9.20. The van der Waals surface area contributed by atoms with Crippen molar-refractivity contribution in [3.63, 3.8) is 0 Å². The average molecular weight is 261 g/mol. The number of amides is 1. The van der Waals surface area contributed by atoms with Crippen molar-refractivity contribution in [3.05, 3.63) is 23.3 Å². The molecule has 1 fully saturated rings. The number of benzene rings is 1. The molecule has 2 aliphatic heterocycles. The van der Waals surface area contributed by atoms with Crippen molar-refractivity contribution in [3.8, 4) is 0 Å². The molecule has 0 bridgehead atoms. The van der Waals surface area contributed by atoms with Crippen molar-refractivity contribution >= 4 is 17.3 Å². The molecule has 1 aromatic carbocycles. The van der Waals surface area contributed by atoms with Crippen LogP contribution in [0.2, 0.25) is 0 Å². The Morgan fingerprint density at radius 2 is 2.00 bits per heavy atom. The van der Waals surface area contributed by atoms with Crippen LogP contribution in [0.4, 0.5) is 11.4 Å². The summed E-state index contributed by atoms with van der Waals surface area (Å²) in [5, 5.41) is 3.24. The van der Waals surface area contributed by atoms with E-state index in [1.165, 1.54) is 0 Å². The van der Waals surface area contributed by atoms with Gasteiger partial charge in [0.15, 0.2) is 0 Å². The number of carbonyl (C=O) groups excluding carboxylic acids is 1. The summed E-state index contributed by atoms with van der Waals surface area (Å²) in [7, 11) is 3.77. The Morgan fingerprint density at radius 1 is 1.26 bits per heavy atom. The number of hydrogen-bond donors (Lipinski definition) is 1. The molecule has 1 aromatic rings. The lowest BCUT2D eigenvalue weighted by molar-refractivity contribution is 0.0816. The number of rotatable bonds is 2. The van der Waals surface area contributed by atoms with E-state index in [4.69, 9.17) is 4.74 Å². The SMILES string of the molecule is CNc1cc2c(cc1N1CCOCC1)C(=O)N(C)C2. The molecule has 0 unspecified atom stereocenters. The summed E-state index contributed by atoms with van der Waals surface area (Å²) in [5.74, 6) is 0.118. The van der Waals surface area contributed by atoms with E-state index in [1.54, 1.807) is 4.90 Å². The van der Waals surface area contributed by atoms with Gasteiger partial charge >= 0.3 is 0 Å².